The quantitative estimate of drug-likeness (QED) is 0.767. The molecule has 0 aliphatic carbocycles. The highest BCUT2D eigenvalue weighted by Crippen LogP contribution is 2.24. The van der Waals surface area contributed by atoms with Gasteiger partial charge in [0.1, 0.15) is 0 Å². The average molecular weight is 190 g/mol. The first kappa shape index (κ1) is 8.87. The van der Waals surface area contributed by atoms with Crippen LogP contribution in [-0.2, 0) is 11.2 Å². The molecule has 1 aliphatic rings. The molecule has 0 bridgehead atoms. The molecule has 1 aliphatic heterocycles. The van der Waals surface area contributed by atoms with Crippen molar-refractivity contribution in [3.05, 3.63) is 24.0 Å². The van der Waals surface area contributed by atoms with Crippen LogP contribution in [0.1, 0.15) is 12.1 Å². The van der Waals surface area contributed by atoms with E-state index in [1.54, 1.807) is 12.4 Å². The monoisotopic (exact) mass is 190 g/mol. The molecule has 0 fully saturated rings. The fourth-order valence-electron chi connectivity index (χ4n) is 1.54. The van der Waals surface area contributed by atoms with Crippen molar-refractivity contribution in [1.29, 1.82) is 0 Å². The van der Waals surface area contributed by atoms with Crippen molar-refractivity contribution >= 4 is 17.9 Å². The second kappa shape index (κ2) is 3.57. The maximum atomic E-state index is 10.5. The maximum absolute atomic E-state index is 10.5. The Labute approximate surface area is 81.3 Å². The van der Waals surface area contributed by atoms with Gasteiger partial charge in [0.05, 0.1) is 17.8 Å². The molecule has 1 N–H and O–H groups in total. The van der Waals surface area contributed by atoms with Gasteiger partial charge in [0, 0.05) is 24.8 Å². The Bertz CT molecular complexity index is 387. The first-order valence-corrected chi connectivity index (χ1v) is 4.45. The van der Waals surface area contributed by atoms with Crippen molar-refractivity contribution in [3.8, 4) is 0 Å². The Morgan fingerprint density at radius 3 is 3.29 bits per heavy atom. The molecule has 72 valence electrons. The summed E-state index contributed by atoms with van der Waals surface area (Å²) in [5.41, 5.74) is 1.75. The number of hydrogen-bond acceptors (Lipinski definition) is 3. The highest BCUT2D eigenvalue weighted by atomic mass is 16.4. The normalized spacial score (nSPS) is 19.0. The van der Waals surface area contributed by atoms with Crippen LogP contribution in [0.5, 0.6) is 0 Å². The average Bonchev–Trinajstić information content (AvgIpc) is 2.17. The van der Waals surface area contributed by atoms with E-state index in [1.807, 2.05) is 12.1 Å². The SMILES string of the molecule is O=C(O)CC1C=Nc2cccnc2C1. The molecule has 14 heavy (non-hydrogen) atoms. The van der Waals surface area contributed by atoms with Crippen LogP contribution in [0.4, 0.5) is 5.69 Å². The number of aliphatic imine (C=N–C) groups is 1. The van der Waals surface area contributed by atoms with Gasteiger partial charge in [-0.05, 0) is 12.1 Å². The van der Waals surface area contributed by atoms with Gasteiger partial charge in [0.2, 0.25) is 0 Å². The van der Waals surface area contributed by atoms with Gasteiger partial charge in [0.25, 0.3) is 0 Å². The molecule has 2 rings (SSSR count). The van der Waals surface area contributed by atoms with Gasteiger partial charge in [-0.3, -0.25) is 14.8 Å². The number of carbonyl (C=O) groups is 1. The van der Waals surface area contributed by atoms with Crippen LogP contribution < -0.4 is 0 Å². The number of hydrogen-bond donors (Lipinski definition) is 1. The van der Waals surface area contributed by atoms with Crippen molar-refractivity contribution in [2.45, 2.75) is 12.8 Å². The number of fused-ring (bicyclic) bond motifs is 1. The maximum Gasteiger partial charge on any atom is 0.304 e. The van der Waals surface area contributed by atoms with E-state index in [0.29, 0.717) is 6.42 Å². The van der Waals surface area contributed by atoms with Crippen LogP contribution in [0.25, 0.3) is 0 Å². The lowest BCUT2D eigenvalue weighted by molar-refractivity contribution is -0.137. The topological polar surface area (TPSA) is 62.5 Å². The summed E-state index contributed by atoms with van der Waals surface area (Å²) in [4.78, 5) is 18.8. The number of carboxylic acid groups (broad SMARTS) is 1. The van der Waals surface area contributed by atoms with Crippen LogP contribution in [-0.4, -0.2) is 22.3 Å². The third-order valence-corrected chi connectivity index (χ3v) is 2.18. The molecule has 1 aromatic heterocycles. The van der Waals surface area contributed by atoms with Gasteiger partial charge in [-0.15, -0.1) is 0 Å². The summed E-state index contributed by atoms with van der Waals surface area (Å²) < 4.78 is 0. The van der Waals surface area contributed by atoms with Crippen molar-refractivity contribution in [2.24, 2.45) is 10.9 Å². The lowest BCUT2D eigenvalue weighted by atomic mass is 9.97. The predicted molar refractivity (Wildman–Crippen MR) is 51.8 cm³/mol. The predicted octanol–water partition coefficient (Wildman–Crippen LogP) is 1.43. The van der Waals surface area contributed by atoms with Crippen molar-refractivity contribution in [1.82, 2.24) is 4.98 Å². The number of pyridine rings is 1. The number of rotatable bonds is 2. The van der Waals surface area contributed by atoms with Gasteiger partial charge < -0.3 is 5.11 Å². The zero-order chi connectivity index (χ0) is 9.97. The minimum atomic E-state index is -0.791. The van der Waals surface area contributed by atoms with Crippen LogP contribution in [0.3, 0.4) is 0 Å². The van der Waals surface area contributed by atoms with Crippen molar-refractivity contribution < 1.29 is 9.90 Å². The molecule has 0 aromatic carbocycles. The van der Waals surface area contributed by atoms with Gasteiger partial charge in [-0.1, -0.05) is 0 Å². The molecule has 4 heteroatoms. The number of nitrogens with zero attached hydrogens (tertiary/aromatic N) is 2. The first-order valence-electron chi connectivity index (χ1n) is 4.45. The van der Waals surface area contributed by atoms with Gasteiger partial charge >= 0.3 is 5.97 Å². The Morgan fingerprint density at radius 2 is 2.50 bits per heavy atom. The van der Waals surface area contributed by atoms with Crippen molar-refractivity contribution in [3.63, 3.8) is 0 Å². The summed E-state index contributed by atoms with van der Waals surface area (Å²) in [6.07, 6.45) is 4.21. The van der Waals surface area contributed by atoms with Crippen LogP contribution in [0.15, 0.2) is 23.3 Å². The first-order chi connectivity index (χ1) is 6.75. The van der Waals surface area contributed by atoms with E-state index >= 15 is 0 Å². The summed E-state index contributed by atoms with van der Waals surface area (Å²) in [5, 5.41) is 8.63. The van der Waals surface area contributed by atoms with Gasteiger partial charge in [-0.2, -0.15) is 0 Å². The molecule has 2 heterocycles. The zero-order valence-electron chi connectivity index (χ0n) is 7.55. The highest BCUT2D eigenvalue weighted by molar-refractivity contribution is 5.77. The molecule has 1 aromatic rings. The Balaban J connectivity index is 2.17. The van der Waals surface area contributed by atoms with Gasteiger partial charge in [0.15, 0.2) is 0 Å². The van der Waals surface area contributed by atoms with Gasteiger partial charge in [-0.25, -0.2) is 0 Å². The second-order valence-electron chi connectivity index (χ2n) is 3.31. The molecule has 1 atom stereocenters. The van der Waals surface area contributed by atoms with Crippen molar-refractivity contribution in [2.75, 3.05) is 0 Å². The molecule has 0 radical (unpaired) electrons. The Kier molecular flexibility index (Phi) is 2.26. The third kappa shape index (κ3) is 1.79. The molecule has 0 saturated heterocycles. The molecule has 1 unspecified atom stereocenters. The molecule has 0 amide bonds. The fourth-order valence-corrected chi connectivity index (χ4v) is 1.54. The lowest BCUT2D eigenvalue weighted by Gasteiger charge is -2.15. The smallest absolute Gasteiger partial charge is 0.304 e. The van der Waals surface area contributed by atoms with E-state index in [0.717, 1.165) is 11.4 Å². The summed E-state index contributed by atoms with van der Waals surface area (Å²) in [7, 11) is 0. The zero-order valence-corrected chi connectivity index (χ0v) is 7.55. The highest BCUT2D eigenvalue weighted by Gasteiger charge is 2.17. The number of aliphatic carboxylic acids is 1. The standard InChI is InChI=1S/C10H10N2O2/c13-10(14)5-7-4-9-8(12-6-7)2-1-3-11-9/h1-3,6-7H,4-5H2,(H,13,14). The van der Waals surface area contributed by atoms with E-state index in [4.69, 9.17) is 5.11 Å². The second-order valence-corrected chi connectivity index (χ2v) is 3.31. The largest absolute Gasteiger partial charge is 0.481 e. The summed E-state index contributed by atoms with van der Waals surface area (Å²) in [6, 6.07) is 3.71. The van der Waals surface area contributed by atoms with Crippen LogP contribution >= 0.6 is 0 Å². The summed E-state index contributed by atoms with van der Waals surface area (Å²) in [5.74, 6) is -0.810. The Hall–Kier alpha value is -1.71. The van der Waals surface area contributed by atoms with Crippen LogP contribution in [0, 0.1) is 5.92 Å². The molecular weight excluding hydrogens is 180 g/mol. The lowest BCUT2D eigenvalue weighted by Crippen LogP contribution is -2.15. The summed E-state index contributed by atoms with van der Waals surface area (Å²) in [6.45, 7) is 0. The number of aromatic nitrogens is 1. The molecule has 0 saturated carbocycles. The van der Waals surface area contributed by atoms with E-state index in [1.165, 1.54) is 0 Å². The van der Waals surface area contributed by atoms with Crippen LogP contribution in [0.2, 0.25) is 0 Å². The van der Waals surface area contributed by atoms with E-state index in [2.05, 4.69) is 9.98 Å². The van der Waals surface area contributed by atoms with E-state index < -0.39 is 5.97 Å². The summed E-state index contributed by atoms with van der Waals surface area (Å²) >= 11 is 0. The number of carboxylic acids is 1. The third-order valence-electron chi connectivity index (χ3n) is 2.18. The minimum Gasteiger partial charge on any atom is -0.481 e. The minimum absolute atomic E-state index is 0.0186. The Morgan fingerprint density at radius 1 is 1.64 bits per heavy atom. The molecule has 4 nitrogen and oxygen atoms in total. The van der Waals surface area contributed by atoms with E-state index in [-0.39, 0.29) is 12.3 Å². The molecular formula is C10H10N2O2. The molecule has 0 spiro atoms. The fraction of sp³-hybridized carbons (Fsp3) is 0.300. The van der Waals surface area contributed by atoms with E-state index in [9.17, 15) is 4.79 Å².